The number of sulfone groups is 1. The van der Waals surface area contributed by atoms with Gasteiger partial charge in [0.1, 0.15) is 4.16 Å². The van der Waals surface area contributed by atoms with Gasteiger partial charge in [0.25, 0.3) is 0 Å². The van der Waals surface area contributed by atoms with Gasteiger partial charge >= 0.3 is 0 Å². The third-order valence-electron chi connectivity index (χ3n) is 2.30. The summed E-state index contributed by atoms with van der Waals surface area (Å²) in [5.74, 6) is 0. The molecular weight excluding hydrogens is 302 g/mol. The SMILES string of the molecule is O=S(=O)(c1cccnc1)C(Br)c1ccccc1. The summed E-state index contributed by atoms with van der Waals surface area (Å²) in [4.78, 5) is 4.04. The Labute approximate surface area is 109 Å². The second kappa shape index (κ2) is 4.98. The van der Waals surface area contributed by atoms with Crippen molar-refractivity contribution in [1.29, 1.82) is 0 Å². The van der Waals surface area contributed by atoms with Crippen molar-refractivity contribution in [2.24, 2.45) is 0 Å². The van der Waals surface area contributed by atoms with E-state index in [0.29, 0.717) is 5.56 Å². The van der Waals surface area contributed by atoms with Crippen molar-refractivity contribution < 1.29 is 8.42 Å². The topological polar surface area (TPSA) is 47.0 Å². The molecule has 2 aromatic rings. The molecule has 0 aliphatic rings. The Hall–Kier alpha value is -1.20. The summed E-state index contributed by atoms with van der Waals surface area (Å²) in [5.41, 5.74) is 0.705. The van der Waals surface area contributed by atoms with Gasteiger partial charge in [0.2, 0.25) is 0 Å². The second-order valence-corrected chi connectivity index (χ2v) is 7.02. The van der Waals surface area contributed by atoms with Crippen LogP contribution in [0.1, 0.15) is 9.72 Å². The van der Waals surface area contributed by atoms with Gasteiger partial charge in [-0.05, 0) is 17.7 Å². The minimum atomic E-state index is -3.44. The molecule has 0 spiro atoms. The van der Waals surface area contributed by atoms with Crippen molar-refractivity contribution in [3.63, 3.8) is 0 Å². The van der Waals surface area contributed by atoms with Crippen LogP contribution < -0.4 is 0 Å². The van der Waals surface area contributed by atoms with Crippen LogP contribution in [0.5, 0.6) is 0 Å². The first kappa shape index (κ1) is 12.3. The molecule has 88 valence electrons. The molecule has 1 atom stereocenters. The van der Waals surface area contributed by atoms with Crippen molar-refractivity contribution in [1.82, 2.24) is 4.98 Å². The number of halogens is 1. The number of hydrogen-bond donors (Lipinski definition) is 0. The van der Waals surface area contributed by atoms with E-state index < -0.39 is 14.0 Å². The summed E-state index contributed by atoms with van der Waals surface area (Å²) in [6, 6.07) is 12.2. The van der Waals surface area contributed by atoms with Crippen molar-refractivity contribution in [3.8, 4) is 0 Å². The number of pyridine rings is 1. The highest BCUT2D eigenvalue weighted by molar-refractivity contribution is 9.10. The van der Waals surface area contributed by atoms with E-state index in [9.17, 15) is 8.42 Å². The van der Waals surface area contributed by atoms with E-state index in [2.05, 4.69) is 20.9 Å². The molecule has 1 aromatic carbocycles. The fourth-order valence-corrected chi connectivity index (χ4v) is 3.60. The molecule has 1 unspecified atom stereocenters. The number of alkyl halides is 1. The van der Waals surface area contributed by atoms with Crippen LogP contribution in [0.25, 0.3) is 0 Å². The summed E-state index contributed by atoms with van der Waals surface area (Å²) >= 11 is 3.23. The van der Waals surface area contributed by atoms with Gasteiger partial charge in [-0.25, -0.2) is 8.42 Å². The third-order valence-corrected chi connectivity index (χ3v) is 6.02. The molecule has 0 N–H and O–H groups in total. The molecule has 3 nitrogen and oxygen atoms in total. The third kappa shape index (κ3) is 2.56. The second-order valence-electron chi connectivity index (χ2n) is 3.46. The highest BCUT2D eigenvalue weighted by Gasteiger charge is 2.26. The maximum atomic E-state index is 12.2. The highest BCUT2D eigenvalue weighted by atomic mass is 79.9. The number of hydrogen-bond acceptors (Lipinski definition) is 3. The minimum Gasteiger partial charge on any atom is -0.263 e. The molecule has 0 saturated heterocycles. The predicted octanol–water partition coefficient (Wildman–Crippen LogP) is 2.95. The smallest absolute Gasteiger partial charge is 0.196 e. The van der Waals surface area contributed by atoms with E-state index in [4.69, 9.17) is 0 Å². The van der Waals surface area contributed by atoms with Crippen molar-refractivity contribution in [2.75, 3.05) is 0 Å². The van der Waals surface area contributed by atoms with Gasteiger partial charge in [-0.1, -0.05) is 46.3 Å². The van der Waals surface area contributed by atoms with Crippen LogP contribution in [0.4, 0.5) is 0 Å². The molecular formula is C12H10BrNO2S. The highest BCUT2D eigenvalue weighted by Crippen LogP contribution is 2.33. The van der Waals surface area contributed by atoms with Gasteiger partial charge < -0.3 is 0 Å². The lowest BCUT2D eigenvalue weighted by atomic mass is 10.2. The quantitative estimate of drug-likeness (QED) is 0.819. The Morgan fingerprint density at radius 1 is 1.06 bits per heavy atom. The van der Waals surface area contributed by atoms with Crippen LogP contribution in [0.2, 0.25) is 0 Å². The fourth-order valence-electron chi connectivity index (χ4n) is 1.42. The zero-order chi connectivity index (χ0) is 12.3. The lowest BCUT2D eigenvalue weighted by Gasteiger charge is -2.11. The summed E-state index contributed by atoms with van der Waals surface area (Å²) in [6.07, 6.45) is 2.90. The number of nitrogens with zero attached hydrogens (tertiary/aromatic N) is 1. The van der Waals surface area contributed by atoms with Crippen molar-refractivity contribution >= 4 is 25.8 Å². The number of aromatic nitrogens is 1. The zero-order valence-electron chi connectivity index (χ0n) is 8.82. The molecule has 0 amide bonds. The Balaban J connectivity index is 2.41. The van der Waals surface area contributed by atoms with E-state index in [1.54, 1.807) is 30.5 Å². The van der Waals surface area contributed by atoms with Crippen LogP contribution in [-0.4, -0.2) is 13.4 Å². The normalized spacial score (nSPS) is 13.2. The summed E-state index contributed by atoms with van der Waals surface area (Å²) < 4.78 is 23.7. The fraction of sp³-hybridized carbons (Fsp3) is 0.0833. The largest absolute Gasteiger partial charge is 0.263 e. The van der Waals surface area contributed by atoms with E-state index >= 15 is 0 Å². The summed E-state index contributed by atoms with van der Waals surface area (Å²) in [6.45, 7) is 0. The Morgan fingerprint density at radius 3 is 2.35 bits per heavy atom. The standard InChI is InChI=1S/C12H10BrNO2S/c13-12(10-5-2-1-3-6-10)17(15,16)11-7-4-8-14-9-11/h1-9,12H. The minimum absolute atomic E-state index is 0.214. The molecule has 0 aliphatic heterocycles. The maximum absolute atomic E-state index is 12.2. The summed E-state index contributed by atoms with van der Waals surface area (Å²) in [5, 5.41) is 0. The molecule has 0 bridgehead atoms. The first-order valence-electron chi connectivity index (χ1n) is 4.95. The van der Waals surface area contributed by atoms with Gasteiger partial charge in [-0.15, -0.1) is 0 Å². The first-order chi connectivity index (χ1) is 8.12. The van der Waals surface area contributed by atoms with Crippen LogP contribution in [0, 0.1) is 0 Å². The molecule has 0 saturated carbocycles. The lowest BCUT2D eigenvalue weighted by molar-refractivity contribution is 0.594. The van der Waals surface area contributed by atoms with Crippen molar-refractivity contribution in [3.05, 3.63) is 60.4 Å². The Bertz CT molecular complexity index is 584. The van der Waals surface area contributed by atoms with Gasteiger partial charge in [-0.2, -0.15) is 0 Å². The molecule has 2 rings (SSSR count). The maximum Gasteiger partial charge on any atom is 0.196 e. The molecule has 0 fully saturated rings. The molecule has 5 heteroatoms. The number of rotatable bonds is 3. The average molecular weight is 312 g/mol. The van der Waals surface area contributed by atoms with E-state index in [1.807, 2.05) is 18.2 Å². The predicted molar refractivity (Wildman–Crippen MR) is 69.5 cm³/mol. The molecule has 1 aromatic heterocycles. The molecule has 1 heterocycles. The van der Waals surface area contributed by atoms with Gasteiger partial charge in [0.15, 0.2) is 9.84 Å². The van der Waals surface area contributed by atoms with E-state index in [-0.39, 0.29) is 4.90 Å². The monoisotopic (exact) mass is 311 g/mol. The van der Waals surface area contributed by atoms with Crippen LogP contribution in [0.15, 0.2) is 59.8 Å². The van der Waals surface area contributed by atoms with Gasteiger partial charge in [0, 0.05) is 12.4 Å². The molecule has 17 heavy (non-hydrogen) atoms. The van der Waals surface area contributed by atoms with E-state index in [1.165, 1.54) is 6.20 Å². The summed E-state index contributed by atoms with van der Waals surface area (Å²) in [7, 11) is -3.44. The van der Waals surface area contributed by atoms with Crippen LogP contribution in [-0.2, 0) is 9.84 Å². The first-order valence-corrected chi connectivity index (χ1v) is 7.41. The van der Waals surface area contributed by atoms with E-state index in [0.717, 1.165) is 0 Å². The van der Waals surface area contributed by atoms with Crippen molar-refractivity contribution in [2.45, 2.75) is 9.05 Å². The number of benzene rings is 1. The Morgan fingerprint density at radius 2 is 1.76 bits per heavy atom. The van der Waals surface area contributed by atoms with Crippen LogP contribution in [0.3, 0.4) is 0 Å². The van der Waals surface area contributed by atoms with Gasteiger partial charge in [-0.3, -0.25) is 4.98 Å². The van der Waals surface area contributed by atoms with Gasteiger partial charge in [0.05, 0.1) is 4.90 Å². The van der Waals surface area contributed by atoms with Crippen LogP contribution >= 0.6 is 15.9 Å². The average Bonchev–Trinajstić information content (AvgIpc) is 2.40. The Kier molecular flexibility index (Phi) is 3.59. The molecule has 0 radical (unpaired) electrons. The molecule has 0 aliphatic carbocycles. The lowest BCUT2D eigenvalue weighted by Crippen LogP contribution is -2.08. The zero-order valence-corrected chi connectivity index (χ0v) is 11.2.